The molecule has 0 unspecified atom stereocenters. The van der Waals surface area contributed by atoms with Crippen LogP contribution < -0.4 is 0 Å². The van der Waals surface area contributed by atoms with E-state index >= 15 is 0 Å². The normalized spacial score (nSPS) is 5.30. The minimum atomic E-state index is -2.74. The van der Waals surface area contributed by atoms with Gasteiger partial charge in [-0.25, -0.2) is 4.79 Å². The highest BCUT2D eigenvalue weighted by molar-refractivity contribution is 5.92. The zero-order valence-electron chi connectivity index (χ0n) is 40.5. The fourth-order valence-electron chi connectivity index (χ4n) is 3.08. The third-order valence-electron chi connectivity index (χ3n) is 5.72. The zero-order chi connectivity index (χ0) is 58.7. The number of carbonyl (C=O) groups is 4. The molecule has 81 heavy (non-hydrogen) atoms. The van der Waals surface area contributed by atoms with Gasteiger partial charge in [-0.3, -0.25) is 14.4 Å². The summed E-state index contributed by atoms with van der Waals surface area (Å²) in [4.78, 5) is 50.4. The van der Waals surface area contributed by atoms with Crippen molar-refractivity contribution in [1.29, 1.82) is 0 Å². The molecule has 0 spiro atoms. The molecule has 0 heterocycles. The molecule has 0 radical (unpaired) electrons. The maximum Gasteiger partial charge on any atom is 0.365 e. The lowest BCUT2D eigenvalue weighted by atomic mass is 9.95. The van der Waals surface area contributed by atoms with Crippen LogP contribution in [0.2, 0.25) is 0 Å². The van der Waals surface area contributed by atoms with Crippen molar-refractivity contribution in [2.75, 3.05) is 0 Å². The lowest BCUT2D eigenvalue weighted by molar-refractivity contribution is -0.179. The van der Waals surface area contributed by atoms with Gasteiger partial charge in [-0.1, -0.05) is 0 Å². The van der Waals surface area contributed by atoms with Crippen LogP contribution in [0.1, 0.15) is 12.8 Å². The van der Waals surface area contributed by atoms with Gasteiger partial charge in [0.25, 0.3) is 6.47 Å². The van der Waals surface area contributed by atoms with E-state index in [1.165, 1.54) is 0 Å². The second kappa shape index (κ2) is 52.7. The Kier molecular flexibility index (Phi) is 41.9. The third-order valence-corrected chi connectivity index (χ3v) is 5.72. The smallest absolute Gasteiger partial charge is 0.365 e. The number of rotatable bonds is 7. The van der Waals surface area contributed by atoms with Crippen molar-refractivity contribution in [3.8, 4) is 393 Å². The SMILES string of the molecule is C#CC#CC#CC#CC#CC#CC#CC#CC#CC#CC#COC(=O)CC(CC(=O)OC#CC#CC#CC#CC#CC#CC#CC#CC#CC#CC#C)(OC=O)C(=O)OC#CC#CC#CC#CC#CC#CC#CC#CC#CC#CC#C. The van der Waals surface area contributed by atoms with Gasteiger partial charge in [-0.05, 0) is 142 Å². The van der Waals surface area contributed by atoms with Crippen molar-refractivity contribution in [1.82, 2.24) is 0 Å². The maximum atomic E-state index is 13.2. The number of terminal acetylenes is 3. The molecular weight excluding hydrogens is 1000 g/mol. The summed E-state index contributed by atoms with van der Waals surface area (Å²) in [5.41, 5.74) is -2.74. The molecular formula is C73H8O8. The van der Waals surface area contributed by atoms with E-state index in [4.69, 9.17) is 38.2 Å². The molecule has 0 rings (SSSR count). The van der Waals surface area contributed by atoms with Crippen LogP contribution in [-0.4, -0.2) is 30.0 Å². The molecule has 0 aliphatic rings. The van der Waals surface area contributed by atoms with Gasteiger partial charge in [0, 0.05) is 213 Å². The summed E-state index contributed by atoms with van der Waals surface area (Å²) in [6, 6.07) is 0. The van der Waals surface area contributed by atoms with E-state index < -0.39 is 36.4 Å². The van der Waals surface area contributed by atoms with Crippen LogP contribution >= 0.6 is 0 Å². The maximum absolute atomic E-state index is 13.2. The fraction of sp³-hybridized carbons (Fsp3) is 0.0411. The molecule has 0 aromatic carbocycles. The summed E-state index contributed by atoms with van der Waals surface area (Å²) in [5, 5.41) is 0. The van der Waals surface area contributed by atoms with Gasteiger partial charge in [0.1, 0.15) is 18.3 Å². The third kappa shape index (κ3) is 45.6. The number of hydrogen-bond acceptors (Lipinski definition) is 8. The predicted octanol–water partition coefficient (Wildman–Crippen LogP) is -0.818. The van der Waals surface area contributed by atoms with Crippen LogP contribution in [0.3, 0.4) is 0 Å². The zero-order valence-corrected chi connectivity index (χ0v) is 40.5. The van der Waals surface area contributed by atoms with Gasteiger partial charge in [0.15, 0.2) is 0 Å². The predicted molar refractivity (Wildman–Crippen MR) is 297 cm³/mol. The van der Waals surface area contributed by atoms with Crippen molar-refractivity contribution in [3.63, 3.8) is 0 Å². The average molecular weight is 1010 g/mol. The minimum absolute atomic E-state index is 0.250. The highest BCUT2D eigenvalue weighted by atomic mass is 16.6. The molecule has 0 atom stereocenters. The Bertz CT molecular complexity index is 4700. The summed E-state index contributed by atoms with van der Waals surface area (Å²) < 4.78 is 19.2. The van der Waals surface area contributed by atoms with E-state index in [9.17, 15) is 19.2 Å². The molecule has 0 fully saturated rings. The molecule has 0 saturated carbocycles. The molecule has 0 saturated heterocycles. The van der Waals surface area contributed by atoms with Crippen LogP contribution in [0.15, 0.2) is 0 Å². The Morgan fingerprint density at radius 1 is 0.259 bits per heavy atom. The Balaban J connectivity index is 6.10. The Labute approximate surface area is 471 Å². The monoisotopic (exact) mass is 1010 g/mol. The van der Waals surface area contributed by atoms with Crippen molar-refractivity contribution < 1.29 is 38.1 Å². The largest absolute Gasteiger partial charge is 0.448 e. The molecule has 0 aliphatic heterocycles. The van der Waals surface area contributed by atoms with Crippen LogP contribution in [-0.2, 0) is 38.1 Å². The van der Waals surface area contributed by atoms with Crippen molar-refractivity contribution >= 4 is 24.4 Å². The van der Waals surface area contributed by atoms with Crippen LogP contribution in [0.4, 0.5) is 0 Å². The Morgan fingerprint density at radius 3 is 0.593 bits per heavy atom. The molecule has 0 bridgehead atoms. The first-order valence-electron chi connectivity index (χ1n) is 20.0. The van der Waals surface area contributed by atoms with Crippen LogP contribution in [0, 0.1) is 393 Å². The molecule has 8 nitrogen and oxygen atoms in total. The van der Waals surface area contributed by atoms with Crippen molar-refractivity contribution in [2.24, 2.45) is 0 Å². The Hall–Kier alpha value is -16.6. The fourth-order valence-corrected chi connectivity index (χ4v) is 3.08. The van der Waals surface area contributed by atoms with Gasteiger partial charge in [0.05, 0.1) is 12.8 Å². The molecule has 0 aromatic heterocycles. The van der Waals surface area contributed by atoms with Gasteiger partial charge in [-0.2, -0.15) is 0 Å². The number of carbonyl (C=O) groups excluding carboxylic acids is 4. The number of esters is 3. The summed E-state index contributed by atoms with van der Waals surface area (Å²) in [7, 11) is 0. The van der Waals surface area contributed by atoms with E-state index in [0.717, 1.165) is 0 Å². The van der Waals surface area contributed by atoms with Gasteiger partial charge in [-0.15, -0.1) is 19.3 Å². The number of hydrogen-bond donors (Lipinski definition) is 0. The quantitative estimate of drug-likeness (QED) is 0.141. The van der Waals surface area contributed by atoms with Gasteiger partial charge >= 0.3 is 17.9 Å². The van der Waals surface area contributed by atoms with Gasteiger partial charge in [0.2, 0.25) is 5.60 Å². The van der Waals surface area contributed by atoms with E-state index in [1.807, 2.05) is 18.3 Å². The summed E-state index contributed by atoms with van der Waals surface area (Å²) in [5.74, 6) is 138. The second-order valence-electron chi connectivity index (χ2n) is 10.8. The van der Waals surface area contributed by atoms with E-state index in [2.05, 4.69) is 355 Å². The second-order valence-corrected chi connectivity index (χ2v) is 10.8. The Morgan fingerprint density at radius 2 is 0.420 bits per heavy atom. The molecule has 0 aromatic rings. The first-order chi connectivity index (χ1) is 40.0. The van der Waals surface area contributed by atoms with E-state index in [-0.39, 0.29) is 6.47 Å². The number of ether oxygens (including phenoxy) is 4. The minimum Gasteiger partial charge on any atom is -0.448 e. The summed E-state index contributed by atoms with van der Waals surface area (Å²) >= 11 is 0. The first kappa shape index (κ1) is 64.4. The van der Waals surface area contributed by atoms with Crippen LogP contribution in [0.25, 0.3) is 0 Å². The van der Waals surface area contributed by atoms with E-state index in [1.54, 1.807) is 0 Å². The van der Waals surface area contributed by atoms with Crippen molar-refractivity contribution in [3.05, 3.63) is 0 Å². The van der Waals surface area contributed by atoms with Gasteiger partial charge < -0.3 is 18.9 Å². The lowest BCUT2D eigenvalue weighted by Gasteiger charge is -2.25. The van der Waals surface area contributed by atoms with Crippen molar-refractivity contribution in [2.45, 2.75) is 18.4 Å². The molecule has 0 aliphatic carbocycles. The standard InChI is InChI=1S/C73H8O8/c1-4-7-10-13-16-19-22-25-28-31-34-37-40-43-46-49-52-55-58-61-64-78-70(75)67-73(81-69-74,72(77)80-66-63-60-57-54-51-48-45-42-39-36-33-30-27-24-21-18-15-12-9-6-3)68-71(76)79-65-62-59-56-53-50-47-44-41-38-35-32-29-26-23-20-17-14-11-8-5-2/h1-3,69H,67-68H2. The molecule has 8 heteroatoms. The van der Waals surface area contributed by atoms with E-state index in [0.29, 0.717) is 0 Å². The first-order valence-corrected chi connectivity index (χ1v) is 20.0. The highest BCUT2D eigenvalue weighted by Crippen LogP contribution is 2.24. The average Bonchev–Trinajstić information content (AvgIpc) is 3.49. The van der Waals surface area contributed by atoms with Crippen LogP contribution in [0.5, 0.6) is 0 Å². The summed E-state index contributed by atoms with van der Waals surface area (Å²) in [6.45, 7) is -0.250. The lowest BCUT2D eigenvalue weighted by Crippen LogP contribution is -2.46. The molecule has 0 amide bonds. The summed E-state index contributed by atoms with van der Waals surface area (Å²) in [6.07, 6.45) is 18.4. The topological polar surface area (TPSA) is 105 Å². The molecule has 348 valence electrons. The highest BCUT2D eigenvalue weighted by Gasteiger charge is 2.48. The molecule has 0 N–H and O–H groups in total.